The third-order valence-corrected chi connectivity index (χ3v) is 14.6. The first kappa shape index (κ1) is 57.0. The molecule has 0 unspecified atom stereocenters. The number of hydrogen-bond donors (Lipinski definition) is 4. The zero-order valence-corrected chi connectivity index (χ0v) is 43.3. The quantitative estimate of drug-likeness (QED) is 0.0401. The summed E-state index contributed by atoms with van der Waals surface area (Å²) >= 11 is 0. The van der Waals surface area contributed by atoms with Crippen LogP contribution in [0.5, 0.6) is 46.8 Å². The second-order valence-corrected chi connectivity index (χ2v) is 20.9. The Morgan fingerprint density at radius 2 is 0.659 bits per heavy atom. The Hall–Kier alpha value is -8.24. The minimum atomic E-state index is -4.92. The maximum atomic E-state index is 13.1. The number of nitrogens with zero attached hydrogens (tertiary/aromatic N) is 4. The van der Waals surface area contributed by atoms with E-state index < -0.39 is 30.0 Å². The molecule has 0 radical (unpaired) electrons. The molecule has 0 bridgehead atoms. The van der Waals surface area contributed by atoms with Gasteiger partial charge in [0.2, 0.25) is 11.8 Å². The molecule has 0 aliphatic heterocycles. The van der Waals surface area contributed by atoms with E-state index in [0.29, 0.717) is 23.0 Å². The molecule has 16 nitrogen and oxygen atoms in total. The van der Waals surface area contributed by atoms with Crippen molar-refractivity contribution in [2.24, 2.45) is 0 Å². The number of nitrogens with one attached hydrogen (secondary N) is 2. The summed E-state index contributed by atoms with van der Waals surface area (Å²) in [6.45, 7) is 0. The van der Waals surface area contributed by atoms with Crippen LogP contribution in [-0.4, -0.2) is 105 Å². The van der Waals surface area contributed by atoms with Crippen molar-refractivity contribution in [3.63, 3.8) is 0 Å². The average Bonchev–Trinajstić information content (AvgIpc) is 3.48. The molecule has 10 aromatic carbocycles. The molecule has 396 valence electrons. The van der Waals surface area contributed by atoms with E-state index in [1.807, 2.05) is 146 Å². The Labute approximate surface area is 514 Å². The van der Waals surface area contributed by atoms with Gasteiger partial charge >= 0.3 is 71.1 Å². The molecule has 12 aromatic rings. The van der Waals surface area contributed by atoms with Gasteiger partial charge in [0.15, 0.2) is 0 Å². The number of aromatic nitrogens is 4. The summed E-state index contributed by atoms with van der Waals surface area (Å²) in [6, 6.07) is 64.2. The maximum absolute atomic E-state index is 13.1. The van der Waals surface area contributed by atoms with Gasteiger partial charge in [0.05, 0.1) is 0 Å². The van der Waals surface area contributed by atoms with Crippen molar-refractivity contribution in [1.82, 2.24) is 19.9 Å². The summed E-state index contributed by atoms with van der Waals surface area (Å²) in [6.07, 6.45) is 2.58. The molecule has 2 aromatic heterocycles. The molecule has 12 rings (SSSR count). The fourth-order valence-electron chi connectivity index (χ4n) is 9.11. The Morgan fingerprint density at radius 1 is 0.354 bits per heavy atom. The van der Waals surface area contributed by atoms with Gasteiger partial charge in [-0.05, 0) is 81.2 Å². The van der Waals surface area contributed by atoms with Crippen LogP contribution in [0.25, 0.3) is 55.2 Å². The van der Waals surface area contributed by atoms with Crippen LogP contribution in [0.4, 0.5) is 23.0 Å². The molecule has 0 aliphatic rings. The predicted octanol–water partition coefficient (Wildman–Crippen LogP) is 13.9. The van der Waals surface area contributed by atoms with E-state index in [1.165, 1.54) is 60.7 Å². The van der Waals surface area contributed by atoms with Crippen LogP contribution in [0.3, 0.4) is 0 Å². The topological polar surface area (TPSA) is 221 Å². The molecule has 0 atom stereocenters. The van der Waals surface area contributed by atoms with Gasteiger partial charge in [-0.15, -0.1) is 0 Å². The number of anilines is 4. The molecule has 0 aliphatic carbocycles. The van der Waals surface area contributed by atoms with Gasteiger partial charge in [0.25, 0.3) is 20.2 Å². The Balaban J connectivity index is 0.00000376. The number of fused-ring (bicyclic) bond motifs is 4. The van der Waals surface area contributed by atoms with Gasteiger partial charge in [-0.3, -0.25) is 9.11 Å². The van der Waals surface area contributed by atoms with E-state index >= 15 is 0 Å². The number of rotatable bonds is 16. The summed E-state index contributed by atoms with van der Waals surface area (Å²) in [5.41, 5.74) is 0.303. The second-order valence-electron chi connectivity index (χ2n) is 18.1. The monoisotopic (exact) mass is 1140 g/mol. The first-order valence-corrected chi connectivity index (χ1v) is 27.6. The second kappa shape index (κ2) is 24.5. The van der Waals surface area contributed by atoms with E-state index in [4.69, 9.17) is 18.9 Å². The number of ether oxygens (including phenoxy) is 4. The fourth-order valence-corrected chi connectivity index (χ4v) is 10.5. The average molecular weight is 1140 g/mol. The molecule has 0 saturated heterocycles. The molecule has 0 fully saturated rings. The Bertz CT molecular complexity index is 4160. The fraction of sp³-hybridized carbons (Fsp3) is 0. The van der Waals surface area contributed by atoms with Crippen LogP contribution < -0.4 is 29.6 Å². The van der Waals surface area contributed by atoms with Crippen LogP contribution >= 0.6 is 0 Å². The van der Waals surface area contributed by atoms with Gasteiger partial charge in [0, 0.05) is 45.1 Å². The van der Waals surface area contributed by atoms with Crippen molar-refractivity contribution in [1.29, 1.82) is 0 Å². The van der Waals surface area contributed by atoms with Crippen LogP contribution in [0.1, 0.15) is 11.1 Å². The standard InChI is InChI=1S/C62H42N6O10S2.2Na.2H/c69-79(70,71)55-35-45(63-57-37-59(75-51-25-9-17-39-13-1-5-21-47(39)51)67-61(65-57)77-53-27-11-19-41-15-3-7-23-49(41)53)33-31-43(55)29-30-44-32-34-46(36-56(44)80(72,73)74)64-58-38-60(76-52-26-10-18-40-14-2-6-22-48(40)52)68-62(66-58)78-54-28-12-20-42-16-4-8-24-50(42)54;;;;/h1-38H,(H,63,65,67)(H,64,66,68)(H,69,70,71)(H,72,73,74);;;;. The van der Waals surface area contributed by atoms with E-state index in [9.17, 15) is 25.9 Å². The molecule has 82 heavy (non-hydrogen) atoms. The molecular formula is C62H44N6Na2O10S2. The summed E-state index contributed by atoms with van der Waals surface area (Å²) in [5.74, 6) is 2.46. The van der Waals surface area contributed by atoms with Crippen molar-refractivity contribution in [2.45, 2.75) is 9.79 Å². The van der Waals surface area contributed by atoms with Crippen molar-refractivity contribution in [3.8, 4) is 46.8 Å². The van der Waals surface area contributed by atoms with Crippen LogP contribution in [0, 0.1) is 0 Å². The van der Waals surface area contributed by atoms with E-state index in [1.54, 1.807) is 24.3 Å². The van der Waals surface area contributed by atoms with Gasteiger partial charge in [0.1, 0.15) is 44.4 Å². The number of hydrogen-bond acceptors (Lipinski definition) is 14. The summed E-state index contributed by atoms with van der Waals surface area (Å²) in [4.78, 5) is 17.3. The van der Waals surface area contributed by atoms with Crippen LogP contribution in [-0.2, 0) is 20.2 Å². The van der Waals surface area contributed by atoms with Gasteiger partial charge in [-0.1, -0.05) is 170 Å². The molecule has 4 N–H and O–H groups in total. The van der Waals surface area contributed by atoms with E-state index in [2.05, 4.69) is 30.6 Å². The minimum absolute atomic E-state index is 0. The first-order valence-electron chi connectivity index (χ1n) is 24.7. The SMILES string of the molecule is O=S(=O)(O)c1cc(Nc2cc(Oc3cccc4ccccc34)nc(Oc3cccc4ccccc34)n2)ccc1C=Cc1ccc(Nc2cc(Oc3cccc4ccccc34)nc(Oc3cccc4ccccc34)n2)cc1S(=O)(=O)O.[NaH].[NaH]. The van der Waals surface area contributed by atoms with E-state index in [0.717, 1.165) is 43.1 Å². The number of benzene rings is 10. The first-order chi connectivity index (χ1) is 38.8. The van der Waals surface area contributed by atoms with Crippen LogP contribution in [0.2, 0.25) is 0 Å². The zero-order chi connectivity index (χ0) is 54.8. The third-order valence-electron chi connectivity index (χ3n) is 12.8. The van der Waals surface area contributed by atoms with E-state index in [-0.39, 0.29) is 117 Å². The van der Waals surface area contributed by atoms with Crippen molar-refractivity contribution in [2.75, 3.05) is 10.6 Å². The predicted molar refractivity (Wildman–Crippen MR) is 322 cm³/mol. The molecular weight excluding hydrogens is 1100 g/mol. The normalized spacial score (nSPS) is 11.5. The van der Waals surface area contributed by atoms with Gasteiger partial charge in [-0.25, -0.2) is 0 Å². The van der Waals surface area contributed by atoms with Crippen LogP contribution in [0.15, 0.2) is 228 Å². The summed E-state index contributed by atoms with van der Waals surface area (Å²) in [7, 11) is -9.85. The van der Waals surface area contributed by atoms with Crippen molar-refractivity contribution in [3.05, 3.63) is 230 Å². The molecule has 20 heteroatoms. The van der Waals surface area contributed by atoms with Gasteiger partial charge in [-0.2, -0.15) is 36.8 Å². The summed E-state index contributed by atoms with van der Waals surface area (Å²) in [5, 5.41) is 13.2. The molecule has 0 spiro atoms. The van der Waals surface area contributed by atoms with Crippen molar-refractivity contribution >= 4 is 158 Å². The Morgan fingerprint density at radius 3 is 0.988 bits per heavy atom. The third kappa shape index (κ3) is 12.9. The molecule has 0 amide bonds. The Kier molecular flexibility index (Phi) is 17.0. The van der Waals surface area contributed by atoms with Gasteiger partial charge < -0.3 is 29.6 Å². The molecule has 0 saturated carbocycles. The molecule has 2 heterocycles. The van der Waals surface area contributed by atoms with Crippen molar-refractivity contribution < 1.29 is 44.9 Å². The summed E-state index contributed by atoms with van der Waals surface area (Å²) < 4.78 is 98.7. The zero-order valence-electron chi connectivity index (χ0n) is 41.7.